The summed E-state index contributed by atoms with van der Waals surface area (Å²) in [6.45, 7) is 10.6. The van der Waals surface area contributed by atoms with Gasteiger partial charge in [-0.05, 0) is 48.0 Å². The van der Waals surface area contributed by atoms with Gasteiger partial charge in [0, 0.05) is 17.9 Å². The lowest BCUT2D eigenvalue weighted by Gasteiger charge is -2.61. The van der Waals surface area contributed by atoms with Crippen molar-refractivity contribution < 1.29 is 15.3 Å². The van der Waals surface area contributed by atoms with E-state index in [9.17, 15) is 15.3 Å². The molecule has 0 unspecified atom stereocenters. The van der Waals surface area contributed by atoms with E-state index >= 15 is 0 Å². The minimum atomic E-state index is -0.517. The van der Waals surface area contributed by atoms with Gasteiger partial charge in [0.1, 0.15) is 0 Å². The van der Waals surface area contributed by atoms with Crippen molar-refractivity contribution in [2.45, 2.75) is 65.1 Å². The molecule has 130 valence electrons. The average Bonchev–Trinajstić information content (AvgIpc) is 2.49. The average molecular weight is 320 g/mol. The first-order valence-corrected chi connectivity index (χ1v) is 9.02. The van der Waals surface area contributed by atoms with E-state index in [0.29, 0.717) is 12.8 Å². The smallest absolute Gasteiger partial charge is 0.0757 e. The first-order valence-electron chi connectivity index (χ1n) is 9.02. The highest BCUT2D eigenvalue weighted by atomic mass is 16.3. The molecule has 2 fully saturated rings. The van der Waals surface area contributed by atoms with Crippen LogP contribution in [0.5, 0.6) is 0 Å². The van der Waals surface area contributed by atoms with Gasteiger partial charge >= 0.3 is 0 Å². The quantitative estimate of drug-likeness (QED) is 0.685. The summed E-state index contributed by atoms with van der Waals surface area (Å²) in [6, 6.07) is 0. The molecule has 0 amide bonds. The van der Waals surface area contributed by atoms with E-state index in [2.05, 4.69) is 33.4 Å². The van der Waals surface area contributed by atoms with Gasteiger partial charge in [0.05, 0.1) is 12.2 Å². The molecule has 3 N–H and O–H groups in total. The lowest BCUT2D eigenvalue weighted by atomic mass is 9.44. The highest BCUT2D eigenvalue weighted by Crippen LogP contribution is 2.63. The van der Waals surface area contributed by atoms with Gasteiger partial charge in [-0.2, -0.15) is 0 Å². The third-order valence-electron chi connectivity index (χ3n) is 7.37. The van der Waals surface area contributed by atoms with Gasteiger partial charge in [0.25, 0.3) is 0 Å². The SMILES string of the molecule is C=C[C@@]1(C)C=C2[C@H](O)C[C@H]3[C@@](C)(CO)CCC[C@@]3(C)[C@H]2[C@H](O)C1. The summed E-state index contributed by atoms with van der Waals surface area (Å²) >= 11 is 0. The lowest BCUT2D eigenvalue weighted by molar-refractivity contribution is -0.138. The fourth-order valence-electron chi connectivity index (χ4n) is 6.08. The fraction of sp³-hybridized carbons (Fsp3) is 0.800. The van der Waals surface area contributed by atoms with Crippen molar-refractivity contribution in [3.05, 3.63) is 24.3 Å². The van der Waals surface area contributed by atoms with E-state index in [1.54, 1.807) is 0 Å². The molecule has 23 heavy (non-hydrogen) atoms. The van der Waals surface area contributed by atoms with Crippen LogP contribution in [0.1, 0.15) is 52.9 Å². The third kappa shape index (κ3) is 2.43. The number of aliphatic hydroxyl groups is 3. The van der Waals surface area contributed by atoms with E-state index in [0.717, 1.165) is 24.8 Å². The zero-order chi connectivity index (χ0) is 17.0. The zero-order valence-corrected chi connectivity index (χ0v) is 14.8. The zero-order valence-electron chi connectivity index (χ0n) is 14.8. The molecule has 3 heteroatoms. The second-order valence-electron chi connectivity index (χ2n) is 9.08. The van der Waals surface area contributed by atoms with Gasteiger partial charge in [-0.1, -0.05) is 39.3 Å². The van der Waals surface area contributed by atoms with Crippen molar-refractivity contribution in [3.8, 4) is 0 Å². The topological polar surface area (TPSA) is 60.7 Å². The van der Waals surface area contributed by atoms with Crippen molar-refractivity contribution in [2.75, 3.05) is 6.61 Å². The molecule has 7 atom stereocenters. The number of aliphatic hydroxyl groups excluding tert-OH is 3. The molecular weight excluding hydrogens is 288 g/mol. The van der Waals surface area contributed by atoms with Gasteiger partial charge in [0.2, 0.25) is 0 Å². The van der Waals surface area contributed by atoms with Crippen molar-refractivity contribution >= 4 is 0 Å². The summed E-state index contributed by atoms with van der Waals surface area (Å²) in [6.07, 6.45) is 7.57. The van der Waals surface area contributed by atoms with Gasteiger partial charge in [0.15, 0.2) is 0 Å². The van der Waals surface area contributed by atoms with Crippen LogP contribution < -0.4 is 0 Å². The molecule has 0 saturated heterocycles. The second kappa shape index (κ2) is 5.44. The Labute approximate surface area is 140 Å². The largest absolute Gasteiger partial charge is 0.396 e. The van der Waals surface area contributed by atoms with E-state index in [4.69, 9.17) is 0 Å². The van der Waals surface area contributed by atoms with Gasteiger partial charge in [-0.15, -0.1) is 6.58 Å². The molecule has 0 aromatic heterocycles. The number of rotatable bonds is 2. The molecule has 0 spiro atoms. The Morgan fingerprint density at radius 1 is 1.26 bits per heavy atom. The van der Waals surface area contributed by atoms with Crippen LogP contribution in [0.4, 0.5) is 0 Å². The van der Waals surface area contributed by atoms with Crippen LogP contribution in [0.25, 0.3) is 0 Å². The number of hydrogen-bond donors (Lipinski definition) is 3. The molecule has 0 aromatic carbocycles. The lowest BCUT2D eigenvalue weighted by Crippen LogP contribution is -2.59. The minimum absolute atomic E-state index is 0.00421. The van der Waals surface area contributed by atoms with E-state index in [-0.39, 0.29) is 34.7 Å². The molecule has 3 aliphatic rings. The monoisotopic (exact) mass is 320 g/mol. The van der Waals surface area contributed by atoms with Crippen LogP contribution in [0, 0.1) is 28.1 Å². The van der Waals surface area contributed by atoms with Crippen LogP contribution in [0.3, 0.4) is 0 Å². The molecule has 0 heterocycles. The number of hydrogen-bond acceptors (Lipinski definition) is 3. The van der Waals surface area contributed by atoms with Crippen molar-refractivity contribution in [1.82, 2.24) is 0 Å². The highest BCUT2D eigenvalue weighted by Gasteiger charge is 2.59. The summed E-state index contributed by atoms with van der Waals surface area (Å²) in [4.78, 5) is 0. The highest BCUT2D eigenvalue weighted by molar-refractivity contribution is 5.31. The molecule has 0 radical (unpaired) electrons. The van der Waals surface area contributed by atoms with E-state index < -0.39 is 12.2 Å². The van der Waals surface area contributed by atoms with Crippen molar-refractivity contribution in [3.63, 3.8) is 0 Å². The first-order chi connectivity index (χ1) is 10.7. The van der Waals surface area contributed by atoms with Crippen LogP contribution in [0.15, 0.2) is 24.3 Å². The van der Waals surface area contributed by atoms with Gasteiger partial charge in [-0.3, -0.25) is 0 Å². The molecule has 3 nitrogen and oxygen atoms in total. The minimum Gasteiger partial charge on any atom is -0.396 e. The molecule has 3 rings (SSSR count). The summed E-state index contributed by atoms with van der Waals surface area (Å²) < 4.78 is 0. The maximum atomic E-state index is 11.0. The Kier molecular flexibility index (Phi) is 4.06. The fourth-order valence-corrected chi connectivity index (χ4v) is 6.08. The molecular formula is C20H32O3. The Balaban J connectivity index is 2.08. The van der Waals surface area contributed by atoms with Crippen LogP contribution >= 0.6 is 0 Å². The normalized spacial score (nSPS) is 53.0. The van der Waals surface area contributed by atoms with E-state index in [1.165, 1.54) is 0 Å². The first kappa shape index (κ1) is 17.2. The Morgan fingerprint density at radius 3 is 2.57 bits per heavy atom. The summed E-state index contributed by atoms with van der Waals surface area (Å²) in [7, 11) is 0. The standard InChI is InChI=1S/C20H32O3/c1-5-18(2)10-13-14(22)9-16-19(3,12-21)7-6-8-20(16,4)17(13)15(23)11-18/h5,10,14-17,21-23H,1,6-9,11-12H2,2-4H3/t14-,15-,16+,17-,18+,19-,20-/m1/s1. The third-order valence-corrected chi connectivity index (χ3v) is 7.37. The number of fused-ring (bicyclic) bond motifs is 3. The van der Waals surface area contributed by atoms with Gasteiger partial charge in [-0.25, -0.2) is 0 Å². The second-order valence-corrected chi connectivity index (χ2v) is 9.08. The summed E-state index contributed by atoms with van der Waals surface area (Å²) in [5, 5.41) is 31.8. The molecule has 0 bridgehead atoms. The Morgan fingerprint density at radius 2 is 1.96 bits per heavy atom. The van der Waals surface area contributed by atoms with Crippen molar-refractivity contribution in [1.29, 1.82) is 0 Å². The predicted octanol–water partition coefficient (Wildman–Crippen LogP) is 3.06. The van der Waals surface area contributed by atoms with Crippen molar-refractivity contribution in [2.24, 2.45) is 28.1 Å². The molecule has 2 saturated carbocycles. The van der Waals surface area contributed by atoms with Crippen LogP contribution in [0.2, 0.25) is 0 Å². The molecule has 3 aliphatic carbocycles. The molecule has 0 aromatic rings. The summed E-state index contributed by atoms with van der Waals surface area (Å²) in [5.74, 6) is 0.240. The maximum Gasteiger partial charge on any atom is 0.0757 e. The maximum absolute atomic E-state index is 11.0. The molecule has 0 aliphatic heterocycles. The van der Waals surface area contributed by atoms with Crippen LogP contribution in [-0.4, -0.2) is 34.1 Å². The van der Waals surface area contributed by atoms with Gasteiger partial charge < -0.3 is 15.3 Å². The van der Waals surface area contributed by atoms with E-state index in [1.807, 2.05) is 6.08 Å². The Hall–Kier alpha value is -0.640. The summed E-state index contributed by atoms with van der Waals surface area (Å²) in [5.41, 5.74) is 0.554. The van der Waals surface area contributed by atoms with Crippen LogP contribution in [-0.2, 0) is 0 Å². The predicted molar refractivity (Wildman–Crippen MR) is 91.8 cm³/mol. The Bertz CT molecular complexity index is 527. The number of allylic oxidation sites excluding steroid dienone is 2.